The zero-order chi connectivity index (χ0) is 35.6. The van der Waals surface area contributed by atoms with Crippen LogP contribution in [0.15, 0.2) is 186 Å². The average Bonchev–Trinajstić information content (AvgIpc) is 3.78. The molecule has 0 bridgehead atoms. The van der Waals surface area contributed by atoms with E-state index < -0.39 is 0 Å². The van der Waals surface area contributed by atoms with Crippen LogP contribution in [0.4, 0.5) is 0 Å². The fourth-order valence-corrected chi connectivity index (χ4v) is 7.87. The molecular weight excluding hydrogens is 661 g/mol. The molecule has 8 aromatic carbocycles. The molecule has 11 aromatic rings. The highest BCUT2D eigenvalue weighted by molar-refractivity contribution is 6.14. The SMILES string of the molecule is c1ccc(-c2nc(-c3ccc(-c4cccc(-n5c6ccccc6c6cc7ccccc7cc65)c4)cc3)nc(-c3cccc4oc5ccccc5c34)n2)cc1. The van der Waals surface area contributed by atoms with Crippen molar-refractivity contribution in [3.05, 3.63) is 182 Å². The Morgan fingerprint density at radius 3 is 1.81 bits per heavy atom. The van der Waals surface area contributed by atoms with Crippen LogP contribution in [0.1, 0.15) is 0 Å². The van der Waals surface area contributed by atoms with Crippen molar-refractivity contribution in [2.45, 2.75) is 0 Å². The Hall–Kier alpha value is -7.37. The molecule has 3 aromatic heterocycles. The maximum absolute atomic E-state index is 6.22. The molecule has 11 rings (SSSR count). The predicted molar refractivity (Wildman–Crippen MR) is 221 cm³/mol. The largest absolute Gasteiger partial charge is 0.456 e. The highest BCUT2D eigenvalue weighted by Crippen LogP contribution is 2.38. The third-order valence-electron chi connectivity index (χ3n) is 10.4. The molecular formula is C49H30N4O. The van der Waals surface area contributed by atoms with Crippen LogP contribution in [0.2, 0.25) is 0 Å². The minimum atomic E-state index is 0.603. The Bertz CT molecular complexity index is 3210. The second kappa shape index (κ2) is 12.1. The molecule has 5 nitrogen and oxygen atoms in total. The molecule has 5 heteroatoms. The molecule has 0 saturated carbocycles. The first kappa shape index (κ1) is 30.3. The summed E-state index contributed by atoms with van der Waals surface area (Å²) in [5, 5.41) is 7.00. The molecule has 0 atom stereocenters. The molecule has 54 heavy (non-hydrogen) atoms. The van der Waals surface area contributed by atoms with Gasteiger partial charge in [-0.3, -0.25) is 0 Å². The van der Waals surface area contributed by atoms with Crippen molar-refractivity contribution < 1.29 is 4.42 Å². The van der Waals surface area contributed by atoms with Gasteiger partial charge in [-0.05, 0) is 64.4 Å². The first-order valence-electron chi connectivity index (χ1n) is 18.1. The van der Waals surface area contributed by atoms with E-state index in [1.54, 1.807) is 0 Å². The number of furan rings is 1. The number of aromatic nitrogens is 4. The van der Waals surface area contributed by atoms with E-state index in [0.29, 0.717) is 17.5 Å². The van der Waals surface area contributed by atoms with Crippen molar-refractivity contribution in [2.24, 2.45) is 0 Å². The third-order valence-corrected chi connectivity index (χ3v) is 10.4. The topological polar surface area (TPSA) is 56.7 Å². The average molecular weight is 691 g/mol. The highest BCUT2D eigenvalue weighted by atomic mass is 16.3. The van der Waals surface area contributed by atoms with Crippen molar-refractivity contribution in [1.82, 2.24) is 19.5 Å². The number of rotatable bonds is 5. The van der Waals surface area contributed by atoms with Gasteiger partial charge in [0, 0.05) is 43.9 Å². The van der Waals surface area contributed by atoms with Crippen LogP contribution < -0.4 is 0 Å². The van der Waals surface area contributed by atoms with Gasteiger partial charge in [0.1, 0.15) is 11.2 Å². The van der Waals surface area contributed by atoms with E-state index >= 15 is 0 Å². The molecule has 252 valence electrons. The zero-order valence-electron chi connectivity index (χ0n) is 29.0. The quantitative estimate of drug-likeness (QED) is 0.180. The predicted octanol–water partition coefficient (Wildman–Crippen LogP) is 12.7. The first-order chi connectivity index (χ1) is 26.7. The van der Waals surface area contributed by atoms with Crippen molar-refractivity contribution >= 4 is 54.5 Å². The lowest BCUT2D eigenvalue weighted by Crippen LogP contribution is -2.00. The molecule has 0 aliphatic rings. The lowest BCUT2D eigenvalue weighted by molar-refractivity contribution is 0.669. The van der Waals surface area contributed by atoms with Crippen LogP contribution in [-0.2, 0) is 0 Å². The van der Waals surface area contributed by atoms with Crippen LogP contribution in [-0.4, -0.2) is 19.5 Å². The molecule has 0 spiro atoms. The Morgan fingerprint density at radius 2 is 0.981 bits per heavy atom. The number of hydrogen-bond donors (Lipinski definition) is 0. The van der Waals surface area contributed by atoms with Crippen molar-refractivity contribution in [1.29, 1.82) is 0 Å². The lowest BCUT2D eigenvalue weighted by atomic mass is 10.0. The standard InChI is InChI=1S/C49H30N4O/c1-2-12-32(13-3-1)47-50-48(52-49(51-47)40-20-11-23-45-46(40)39-19-7-9-22-44(39)54-45)33-26-24-31(25-27-33)34-16-10-17-37(28-34)53-42-21-8-6-18-38(42)41-29-35-14-4-5-15-36(35)30-43(41)53/h1-30H. The van der Waals surface area contributed by atoms with E-state index in [2.05, 4.69) is 126 Å². The van der Waals surface area contributed by atoms with Gasteiger partial charge in [0.2, 0.25) is 0 Å². The summed E-state index contributed by atoms with van der Waals surface area (Å²) in [5.74, 6) is 1.84. The maximum Gasteiger partial charge on any atom is 0.164 e. The summed E-state index contributed by atoms with van der Waals surface area (Å²) in [4.78, 5) is 15.1. The molecule has 0 aliphatic heterocycles. The van der Waals surface area contributed by atoms with Gasteiger partial charge in [0.25, 0.3) is 0 Å². The smallest absolute Gasteiger partial charge is 0.164 e. The summed E-state index contributed by atoms with van der Waals surface area (Å²) in [6.07, 6.45) is 0. The third kappa shape index (κ3) is 4.90. The molecule has 0 amide bonds. The van der Waals surface area contributed by atoms with Gasteiger partial charge < -0.3 is 8.98 Å². The second-order valence-electron chi connectivity index (χ2n) is 13.6. The van der Waals surface area contributed by atoms with E-state index in [9.17, 15) is 0 Å². The molecule has 0 saturated heterocycles. The Labute approximate surface area is 310 Å². The van der Waals surface area contributed by atoms with Crippen molar-refractivity contribution in [2.75, 3.05) is 0 Å². The zero-order valence-corrected chi connectivity index (χ0v) is 29.0. The number of benzene rings is 8. The van der Waals surface area contributed by atoms with Crippen LogP contribution in [0.25, 0.3) is 105 Å². The van der Waals surface area contributed by atoms with Crippen LogP contribution in [0.5, 0.6) is 0 Å². The molecule has 0 fully saturated rings. The molecule has 0 radical (unpaired) electrons. The number of hydrogen-bond acceptors (Lipinski definition) is 4. The monoisotopic (exact) mass is 690 g/mol. The van der Waals surface area contributed by atoms with Crippen molar-refractivity contribution in [3.8, 4) is 51.0 Å². The Morgan fingerprint density at radius 1 is 0.370 bits per heavy atom. The lowest BCUT2D eigenvalue weighted by Gasteiger charge is -2.12. The summed E-state index contributed by atoms with van der Waals surface area (Å²) >= 11 is 0. The first-order valence-corrected chi connectivity index (χ1v) is 18.1. The number of para-hydroxylation sites is 2. The van der Waals surface area contributed by atoms with E-state index in [-0.39, 0.29) is 0 Å². The minimum absolute atomic E-state index is 0.603. The van der Waals surface area contributed by atoms with Crippen LogP contribution in [0.3, 0.4) is 0 Å². The molecule has 0 N–H and O–H groups in total. The van der Waals surface area contributed by atoms with E-state index in [4.69, 9.17) is 19.4 Å². The minimum Gasteiger partial charge on any atom is -0.456 e. The number of fused-ring (bicyclic) bond motifs is 7. The molecule has 0 unspecified atom stereocenters. The highest BCUT2D eigenvalue weighted by Gasteiger charge is 2.18. The van der Waals surface area contributed by atoms with E-state index in [1.807, 2.05) is 60.7 Å². The Balaban J connectivity index is 1.02. The summed E-state index contributed by atoms with van der Waals surface area (Å²) < 4.78 is 8.60. The van der Waals surface area contributed by atoms with Gasteiger partial charge >= 0.3 is 0 Å². The molecule has 3 heterocycles. The Kier molecular flexibility index (Phi) is 6.79. The summed E-state index contributed by atoms with van der Waals surface area (Å²) in [6, 6.07) is 63.5. The van der Waals surface area contributed by atoms with Gasteiger partial charge in [-0.1, -0.05) is 140 Å². The fourth-order valence-electron chi connectivity index (χ4n) is 7.87. The van der Waals surface area contributed by atoms with E-state index in [1.165, 1.54) is 32.6 Å². The van der Waals surface area contributed by atoms with Crippen molar-refractivity contribution in [3.63, 3.8) is 0 Å². The summed E-state index contributed by atoms with van der Waals surface area (Å²) in [7, 11) is 0. The molecule has 0 aliphatic carbocycles. The summed E-state index contributed by atoms with van der Waals surface area (Å²) in [5.41, 5.74) is 10.1. The van der Waals surface area contributed by atoms with Gasteiger partial charge in [-0.15, -0.1) is 0 Å². The maximum atomic E-state index is 6.22. The van der Waals surface area contributed by atoms with Gasteiger partial charge in [0.05, 0.1) is 11.0 Å². The normalized spacial score (nSPS) is 11.7. The van der Waals surface area contributed by atoms with Crippen LogP contribution in [0, 0.1) is 0 Å². The van der Waals surface area contributed by atoms with Gasteiger partial charge in [-0.2, -0.15) is 0 Å². The number of nitrogens with zero attached hydrogens (tertiary/aromatic N) is 4. The fraction of sp³-hybridized carbons (Fsp3) is 0. The van der Waals surface area contributed by atoms with Crippen LogP contribution >= 0.6 is 0 Å². The summed E-state index contributed by atoms with van der Waals surface area (Å²) in [6.45, 7) is 0. The van der Waals surface area contributed by atoms with E-state index in [0.717, 1.165) is 55.4 Å². The van der Waals surface area contributed by atoms with Gasteiger partial charge in [-0.25, -0.2) is 15.0 Å². The van der Waals surface area contributed by atoms with Gasteiger partial charge in [0.15, 0.2) is 17.5 Å². The second-order valence-corrected chi connectivity index (χ2v) is 13.6.